The Morgan fingerprint density at radius 1 is 1.35 bits per heavy atom. The lowest BCUT2D eigenvalue weighted by Crippen LogP contribution is -2.28. The number of H-pyrrole nitrogens is 1. The monoisotopic (exact) mass is 231 g/mol. The van der Waals surface area contributed by atoms with E-state index in [0.29, 0.717) is 12.4 Å². The van der Waals surface area contributed by atoms with Crippen LogP contribution in [-0.2, 0) is 6.54 Å². The summed E-state index contributed by atoms with van der Waals surface area (Å²) in [5.74, 6) is 1.29. The molecule has 0 saturated carbocycles. The Labute approximate surface area is 98.5 Å². The summed E-state index contributed by atoms with van der Waals surface area (Å²) in [6.07, 6.45) is 0. The third-order valence-electron chi connectivity index (χ3n) is 2.08. The van der Waals surface area contributed by atoms with Crippen LogP contribution >= 0.6 is 0 Å². The second-order valence-electron chi connectivity index (χ2n) is 3.51. The maximum absolute atomic E-state index is 11.5. The first-order valence-electron chi connectivity index (χ1n) is 5.22. The first-order valence-corrected chi connectivity index (χ1v) is 5.22. The molecule has 6 heteroatoms. The van der Waals surface area contributed by atoms with Crippen LogP contribution in [0, 0.1) is 6.92 Å². The third kappa shape index (κ3) is 3.30. The Bertz CT molecular complexity index is 494. The number of aryl methyl sites for hydroxylation is 1. The smallest absolute Gasteiger partial charge is 0.319 e. The van der Waals surface area contributed by atoms with Crippen molar-refractivity contribution in [3.63, 3.8) is 0 Å². The molecule has 2 aromatic rings. The van der Waals surface area contributed by atoms with Crippen molar-refractivity contribution in [2.45, 2.75) is 13.5 Å². The summed E-state index contributed by atoms with van der Waals surface area (Å²) in [5, 5.41) is 12.0. The van der Waals surface area contributed by atoms with Gasteiger partial charge in [0.15, 0.2) is 5.82 Å². The summed E-state index contributed by atoms with van der Waals surface area (Å²) in [7, 11) is 0. The second-order valence-corrected chi connectivity index (χ2v) is 3.51. The van der Waals surface area contributed by atoms with Gasteiger partial charge in [-0.3, -0.25) is 5.10 Å². The average molecular weight is 231 g/mol. The Hall–Kier alpha value is -2.37. The van der Waals surface area contributed by atoms with E-state index in [0.717, 1.165) is 11.5 Å². The molecule has 2 amide bonds. The first kappa shape index (κ1) is 11.1. The zero-order valence-corrected chi connectivity index (χ0v) is 9.40. The number of urea groups is 1. The lowest BCUT2D eigenvalue weighted by atomic mass is 10.3. The summed E-state index contributed by atoms with van der Waals surface area (Å²) >= 11 is 0. The molecule has 3 N–H and O–H groups in total. The average Bonchev–Trinajstić information content (AvgIpc) is 2.74. The fourth-order valence-electron chi connectivity index (χ4n) is 1.32. The molecule has 0 fully saturated rings. The molecular formula is C11H13N5O. The SMILES string of the molecule is Cc1nc(CNC(=O)Nc2ccccc2)n[nH]1. The van der Waals surface area contributed by atoms with Crippen LogP contribution in [0.25, 0.3) is 0 Å². The molecule has 17 heavy (non-hydrogen) atoms. The highest BCUT2D eigenvalue weighted by molar-refractivity contribution is 5.89. The lowest BCUT2D eigenvalue weighted by molar-refractivity contribution is 0.251. The number of rotatable bonds is 3. The number of benzene rings is 1. The van der Waals surface area contributed by atoms with Crippen LogP contribution in [0.3, 0.4) is 0 Å². The second kappa shape index (κ2) is 5.11. The largest absolute Gasteiger partial charge is 0.330 e. The van der Waals surface area contributed by atoms with E-state index in [1.165, 1.54) is 0 Å². The van der Waals surface area contributed by atoms with E-state index in [2.05, 4.69) is 25.8 Å². The number of carbonyl (C=O) groups excluding carboxylic acids is 1. The third-order valence-corrected chi connectivity index (χ3v) is 2.08. The zero-order valence-electron chi connectivity index (χ0n) is 9.40. The number of nitrogens with one attached hydrogen (secondary N) is 3. The maximum atomic E-state index is 11.5. The number of hydrogen-bond donors (Lipinski definition) is 3. The van der Waals surface area contributed by atoms with Gasteiger partial charge in [0, 0.05) is 5.69 Å². The van der Waals surface area contributed by atoms with Crippen LogP contribution in [0.4, 0.5) is 10.5 Å². The Kier molecular flexibility index (Phi) is 3.34. The van der Waals surface area contributed by atoms with Crippen molar-refractivity contribution in [3.05, 3.63) is 42.0 Å². The Morgan fingerprint density at radius 2 is 2.12 bits per heavy atom. The van der Waals surface area contributed by atoms with E-state index < -0.39 is 0 Å². The normalized spacial score (nSPS) is 9.94. The molecule has 0 saturated heterocycles. The van der Waals surface area contributed by atoms with Gasteiger partial charge in [0.2, 0.25) is 0 Å². The fraction of sp³-hybridized carbons (Fsp3) is 0.182. The molecule has 0 spiro atoms. The van der Waals surface area contributed by atoms with Crippen molar-refractivity contribution in [1.82, 2.24) is 20.5 Å². The van der Waals surface area contributed by atoms with Crippen LogP contribution in [0.5, 0.6) is 0 Å². The minimum Gasteiger partial charge on any atom is -0.330 e. The molecular weight excluding hydrogens is 218 g/mol. The summed E-state index contributed by atoms with van der Waals surface area (Å²) in [6, 6.07) is 8.95. The molecule has 1 aromatic heterocycles. The van der Waals surface area contributed by atoms with Crippen molar-refractivity contribution in [2.75, 3.05) is 5.32 Å². The van der Waals surface area contributed by atoms with Gasteiger partial charge in [0.05, 0.1) is 6.54 Å². The summed E-state index contributed by atoms with van der Waals surface area (Å²) in [6.45, 7) is 2.10. The molecule has 0 bridgehead atoms. The van der Waals surface area contributed by atoms with Crippen molar-refractivity contribution in [2.24, 2.45) is 0 Å². The number of amides is 2. The molecule has 1 heterocycles. The molecule has 6 nitrogen and oxygen atoms in total. The van der Waals surface area contributed by atoms with Crippen LogP contribution < -0.4 is 10.6 Å². The molecule has 0 unspecified atom stereocenters. The van der Waals surface area contributed by atoms with Gasteiger partial charge in [-0.1, -0.05) is 18.2 Å². The highest BCUT2D eigenvalue weighted by Gasteiger charge is 2.03. The van der Waals surface area contributed by atoms with Gasteiger partial charge < -0.3 is 10.6 Å². The van der Waals surface area contributed by atoms with E-state index in [4.69, 9.17) is 0 Å². The van der Waals surface area contributed by atoms with E-state index in [9.17, 15) is 4.79 Å². The molecule has 88 valence electrons. The predicted molar refractivity (Wildman–Crippen MR) is 63.4 cm³/mol. The number of hydrogen-bond acceptors (Lipinski definition) is 3. The number of carbonyl (C=O) groups is 1. The standard InChI is InChI=1S/C11H13N5O/c1-8-13-10(16-15-8)7-12-11(17)14-9-5-3-2-4-6-9/h2-6H,7H2,1H3,(H2,12,14,17)(H,13,15,16). The minimum absolute atomic E-state index is 0.279. The lowest BCUT2D eigenvalue weighted by Gasteiger charge is -2.05. The highest BCUT2D eigenvalue weighted by Crippen LogP contribution is 2.04. The molecule has 0 aliphatic carbocycles. The summed E-state index contributed by atoms with van der Waals surface area (Å²) in [5.41, 5.74) is 0.746. The van der Waals surface area contributed by atoms with E-state index in [1.54, 1.807) is 6.92 Å². The number of para-hydroxylation sites is 1. The quantitative estimate of drug-likeness (QED) is 0.747. The van der Waals surface area contributed by atoms with Gasteiger partial charge >= 0.3 is 6.03 Å². The predicted octanol–water partition coefficient (Wildman–Crippen LogP) is 1.43. The minimum atomic E-state index is -0.279. The Balaban J connectivity index is 1.82. The number of anilines is 1. The summed E-state index contributed by atoms with van der Waals surface area (Å²) < 4.78 is 0. The van der Waals surface area contributed by atoms with Crippen molar-refractivity contribution < 1.29 is 4.79 Å². The highest BCUT2D eigenvalue weighted by atomic mass is 16.2. The van der Waals surface area contributed by atoms with Gasteiger partial charge in [-0.2, -0.15) is 5.10 Å². The maximum Gasteiger partial charge on any atom is 0.319 e. The molecule has 0 aliphatic rings. The first-order chi connectivity index (χ1) is 8.24. The van der Waals surface area contributed by atoms with Gasteiger partial charge in [0.25, 0.3) is 0 Å². The van der Waals surface area contributed by atoms with Gasteiger partial charge in [-0.15, -0.1) is 0 Å². The van der Waals surface area contributed by atoms with Crippen LogP contribution in [0.1, 0.15) is 11.6 Å². The number of aromatic nitrogens is 3. The van der Waals surface area contributed by atoms with Crippen LogP contribution in [0.15, 0.2) is 30.3 Å². The van der Waals surface area contributed by atoms with Gasteiger partial charge in [-0.05, 0) is 19.1 Å². The van der Waals surface area contributed by atoms with Crippen molar-refractivity contribution in [1.29, 1.82) is 0 Å². The van der Waals surface area contributed by atoms with E-state index >= 15 is 0 Å². The summed E-state index contributed by atoms with van der Waals surface area (Å²) in [4.78, 5) is 15.6. The van der Waals surface area contributed by atoms with Gasteiger partial charge in [-0.25, -0.2) is 9.78 Å². The van der Waals surface area contributed by atoms with Crippen molar-refractivity contribution >= 4 is 11.7 Å². The van der Waals surface area contributed by atoms with Gasteiger partial charge in [0.1, 0.15) is 5.82 Å². The van der Waals surface area contributed by atoms with Crippen molar-refractivity contribution in [3.8, 4) is 0 Å². The molecule has 0 aliphatic heterocycles. The topological polar surface area (TPSA) is 82.7 Å². The molecule has 0 radical (unpaired) electrons. The zero-order chi connectivity index (χ0) is 12.1. The fourth-order valence-corrected chi connectivity index (χ4v) is 1.32. The van der Waals surface area contributed by atoms with E-state index in [1.807, 2.05) is 30.3 Å². The van der Waals surface area contributed by atoms with E-state index in [-0.39, 0.29) is 6.03 Å². The Morgan fingerprint density at radius 3 is 2.76 bits per heavy atom. The molecule has 1 aromatic carbocycles. The molecule has 0 atom stereocenters. The molecule has 2 rings (SSSR count). The number of nitrogens with zero attached hydrogens (tertiary/aromatic N) is 2. The van der Waals surface area contributed by atoms with Crippen LogP contribution in [0.2, 0.25) is 0 Å². The number of aromatic amines is 1. The van der Waals surface area contributed by atoms with Crippen LogP contribution in [-0.4, -0.2) is 21.2 Å².